The molecule has 122 valence electrons. The van der Waals surface area contributed by atoms with Crippen molar-refractivity contribution in [1.82, 2.24) is 10.2 Å². The molecule has 2 fully saturated rings. The molecular weight excluding hydrogens is 264 g/mol. The van der Waals surface area contributed by atoms with E-state index in [1.54, 1.807) is 0 Å². The van der Waals surface area contributed by atoms with Crippen molar-refractivity contribution >= 4 is 6.09 Å². The maximum atomic E-state index is 11.7. The summed E-state index contributed by atoms with van der Waals surface area (Å²) < 4.78 is 5.05. The molecule has 1 heterocycles. The van der Waals surface area contributed by atoms with Gasteiger partial charge in [0.2, 0.25) is 0 Å². The summed E-state index contributed by atoms with van der Waals surface area (Å²) >= 11 is 0. The van der Waals surface area contributed by atoms with Crippen molar-refractivity contribution in [3.05, 3.63) is 0 Å². The van der Waals surface area contributed by atoms with Crippen LogP contribution in [-0.4, -0.2) is 42.8 Å². The lowest BCUT2D eigenvalue weighted by Gasteiger charge is -2.44. The highest BCUT2D eigenvalue weighted by molar-refractivity contribution is 5.67. The van der Waals surface area contributed by atoms with Crippen molar-refractivity contribution < 1.29 is 9.53 Å². The van der Waals surface area contributed by atoms with E-state index in [1.807, 2.05) is 6.92 Å². The van der Waals surface area contributed by atoms with Gasteiger partial charge < -0.3 is 10.1 Å². The number of carbonyl (C=O) groups excluding carboxylic acids is 1. The maximum absolute atomic E-state index is 11.7. The predicted molar refractivity (Wildman–Crippen MR) is 85.3 cm³/mol. The number of nitrogens with zero attached hydrogens (tertiary/aromatic N) is 1. The number of carbonyl (C=O) groups is 1. The number of hydrogen-bond acceptors (Lipinski definition) is 3. The molecule has 0 spiro atoms. The van der Waals surface area contributed by atoms with Gasteiger partial charge in [-0.15, -0.1) is 0 Å². The lowest BCUT2D eigenvalue weighted by atomic mass is 9.83. The SMILES string of the molecule is CCOC(=O)NC1CC(C(C)C)CN(C2CCCCC2)C1. The average molecular weight is 296 g/mol. The van der Waals surface area contributed by atoms with Crippen LogP contribution in [0.2, 0.25) is 0 Å². The standard InChI is InChI=1S/C17H32N2O2/c1-4-21-17(20)18-15-10-14(13(2)3)11-19(12-15)16-8-6-5-7-9-16/h13-16H,4-12H2,1-3H3,(H,18,20). The van der Waals surface area contributed by atoms with Crippen LogP contribution < -0.4 is 5.32 Å². The highest BCUT2D eigenvalue weighted by Crippen LogP contribution is 2.30. The zero-order chi connectivity index (χ0) is 15.2. The molecule has 21 heavy (non-hydrogen) atoms. The summed E-state index contributed by atoms with van der Waals surface area (Å²) in [6, 6.07) is 0.971. The quantitative estimate of drug-likeness (QED) is 0.864. The van der Waals surface area contributed by atoms with Crippen molar-refractivity contribution in [2.45, 2.75) is 71.4 Å². The molecule has 0 bridgehead atoms. The highest BCUT2D eigenvalue weighted by Gasteiger charge is 2.33. The number of nitrogens with one attached hydrogen (secondary N) is 1. The number of amides is 1. The summed E-state index contributed by atoms with van der Waals surface area (Å²) in [5, 5.41) is 3.07. The van der Waals surface area contributed by atoms with Gasteiger partial charge in [-0.1, -0.05) is 33.1 Å². The van der Waals surface area contributed by atoms with Crippen LogP contribution in [0.25, 0.3) is 0 Å². The van der Waals surface area contributed by atoms with E-state index in [-0.39, 0.29) is 12.1 Å². The van der Waals surface area contributed by atoms with Gasteiger partial charge in [0, 0.05) is 25.2 Å². The first-order valence-electron chi connectivity index (χ1n) is 8.77. The van der Waals surface area contributed by atoms with E-state index in [9.17, 15) is 4.79 Å². The summed E-state index contributed by atoms with van der Waals surface area (Å²) in [6.07, 6.45) is 7.61. The molecule has 4 heteroatoms. The topological polar surface area (TPSA) is 41.6 Å². The molecule has 2 rings (SSSR count). The molecule has 1 saturated heterocycles. The first kappa shape index (κ1) is 16.6. The van der Waals surface area contributed by atoms with Gasteiger partial charge in [-0.25, -0.2) is 4.79 Å². The minimum Gasteiger partial charge on any atom is -0.450 e. The van der Waals surface area contributed by atoms with E-state index in [0.29, 0.717) is 18.4 Å². The predicted octanol–water partition coefficient (Wildman–Crippen LogP) is 3.41. The van der Waals surface area contributed by atoms with Crippen LogP contribution in [0.15, 0.2) is 0 Å². The highest BCUT2D eigenvalue weighted by atomic mass is 16.5. The van der Waals surface area contributed by atoms with Crippen LogP contribution in [-0.2, 0) is 4.74 Å². The molecule has 1 amide bonds. The van der Waals surface area contributed by atoms with E-state index >= 15 is 0 Å². The van der Waals surface area contributed by atoms with Crippen LogP contribution in [0.4, 0.5) is 4.79 Å². The second-order valence-electron chi connectivity index (χ2n) is 7.05. The van der Waals surface area contributed by atoms with Crippen LogP contribution >= 0.6 is 0 Å². The van der Waals surface area contributed by atoms with E-state index < -0.39 is 0 Å². The molecule has 1 N–H and O–H groups in total. The first-order valence-corrected chi connectivity index (χ1v) is 8.77. The Bertz CT molecular complexity index is 327. The molecule has 1 aliphatic heterocycles. The fraction of sp³-hybridized carbons (Fsp3) is 0.941. The Kier molecular flexibility index (Phi) is 6.34. The number of likely N-dealkylation sites (tertiary alicyclic amines) is 1. The van der Waals surface area contributed by atoms with E-state index in [2.05, 4.69) is 24.1 Å². The fourth-order valence-electron chi connectivity index (χ4n) is 3.84. The minimum atomic E-state index is -0.254. The van der Waals surface area contributed by atoms with Crippen molar-refractivity contribution in [2.24, 2.45) is 11.8 Å². The van der Waals surface area contributed by atoms with Crippen molar-refractivity contribution in [1.29, 1.82) is 0 Å². The number of hydrogen-bond donors (Lipinski definition) is 1. The second kappa shape index (κ2) is 8.02. The zero-order valence-electron chi connectivity index (χ0n) is 13.9. The van der Waals surface area contributed by atoms with Crippen molar-refractivity contribution in [3.8, 4) is 0 Å². The van der Waals surface area contributed by atoms with Crippen LogP contribution in [0.5, 0.6) is 0 Å². The van der Waals surface area contributed by atoms with Gasteiger partial charge in [0.1, 0.15) is 0 Å². The van der Waals surface area contributed by atoms with Gasteiger partial charge in [0.25, 0.3) is 0 Å². The molecule has 2 aliphatic rings. The Morgan fingerprint density at radius 1 is 1.24 bits per heavy atom. The third-order valence-corrected chi connectivity index (χ3v) is 5.14. The average Bonchev–Trinajstić information content (AvgIpc) is 2.48. The third kappa shape index (κ3) is 4.87. The van der Waals surface area contributed by atoms with Gasteiger partial charge in [-0.3, -0.25) is 4.90 Å². The monoisotopic (exact) mass is 296 g/mol. The number of alkyl carbamates (subject to hydrolysis) is 1. The van der Waals surface area contributed by atoms with E-state index in [0.717, 1.165) is 19.0 Å². The molecule has 1 saturated carbocycles. The first-order chi connectivity index (χ1) is 10.1. The fourth-order valence-corrected chi connectivity index (χ4v) is 3.84. The Balaban J connectivity index is 1.95. The van der Waals surface area contributed by atoms with Gasteiger partial charge >= 0.3 is 6.09 Å². The Labute approximate surface area is 129 Å². The van der Waals surface area contributed by atoms with Gasteiger partial charge in [0.15, 0.2) is 0 Å². The number of piperidine rings is 1. The number of ether oxygens (including phenoxy) is 1. The normalized spacial score (nSPS) is 28.6. The molecule has 2 atom stereocenters. The lowest BCUT2D eigenvalue weighted by Crippen LogP contribution is -2.55. The molecule has 0 aromatic rings. The molecule has 1 aliphatic carbocycles. The zero-order valence-corrected chi connectivity index (χ0v) is 13.9. The molecule has 2 unspecified atom stereocenters. The minimum absolute atomic E-state index is 0.243. The molecule has 0 aromatic heterocycles. The van der Waals surface area contributed by atoms with Gasteiger partial charge in [-0.2, -0.15) is 0 Å². The van der Waals surface area contributed by atoms with Crippen LogP contribution in [0, 0.1) is 11.8 Å². The summed E-state index contributed by atoms with van der Waals surface area (Å²) in [5.74, 6) is 1.34. The van der Waals surface area contributed by atoms with Gasteiger partial charge in [0.05, 0.1) is 6.61 Å². The molecular formula is C17H32N2O2. The largest absolute Gasteiger partial charge is 0.450 e. The summed E-state index contributed by atoms with van der Waals surface area (Å²) in [5.41, 5.74) is 0. The summed E-state index contributed by atoms with van der Waals surface area (Å²) in [4.78, 5) is 14.4. The third-order valence-electron chi connectivity index (χ3n) is 5.14. The second-order valence-corrected chi connectivity index (χ2v) is 7.05. The van der Waals surface area contributed by atoms with Crippen molar-refractivity contribution in [2.75, 3.05) is 19.7 Å². The Morgan fingerprint density at radius 2 is 1.95 bits per heavy atom. The number of rotatable bonds is 4. The summed E-state index contributed by atoms with van der Waals surface area (Å²) in [6.45, 7) is 9.09. The molecule has 4 nitrogen and oxygen atoms in total. The smallest absolute Gasteiger partial charge is 0.407 e. The van der Waals surface area contributed by atoms with Crippen LogP contribution in [0.3, 0.4) is 0 Å². The van der Waals surface area contributed by atoms with Crippen molar-refractivity contribution in [3.63, 3.8) is 0 Å². The van der Waals surface area contributed by atoms with E-state index in [1.165, 1.54) is 38.6 Å². The molecule has 0 radical (unpaired) electrons. The van der Waals surface area contributed by atoms with Gasteiger partial charge in [-0.05, 0) is 38.0 Å². The Hall–Kier alpha value is -0.770. The lowest BCUT2D eigenvalue weighted by molar-refractivity contribution is 0.0589. The van der Waals surface area contributed by atoms with Crippen LogP contribution in [0.1, 0.15) is 59.3 Å². The maximum Gasteiger partial charge on any atom is 0.407 e. The molecule has 0 aromatic carbocycles. The summed E-state index contributed by atoms with van der Waals surface area (Å²) in [7, 11) is 0. The van der Waals surface area contributed by atoms with E-state index in [4.69, 9.17) is 4.74 Å². The Morgan fingerprint density at radius 3 is 2.57 bits per heavy atom.